The standard InChI is InChI=1S/C32H41N3O8/c1-14(2)8-23(37)33-12-22-25-19(29(43-17(5)36)16(4)30-31(25)42-13-41-30)11-20-26-24-18(9-15(3)28(40-7)27(24)38)10-21(34(26)6)32(39)35(20)22/h9,14,20-22,26,32,38-39H,8,10-13H2,1-7H3,(H,33,37)/t20-,21?,22-,26?,32-/m0/s1. The summed E-state index contributed by atoms with van der Waals surface area (Å²) in [5.41, 5.74) is 4.73. The fourth-order valence-electron chi connectivity index (χ4n) is 7.77. The average Bonchev–Trinajstić information content (AvgIpc) is 3.42. The molecule has 2 aromatic rings. The van der Waals surface area contributed by atoms with E-state index in [-0.39, 0.29) is 49.0 Å². The van der Waals surface area contributed by atoms with Gasteiger partial charge >= 0.3 is 5.97 Å². The van der Waals surface area contributed by atoms with Crippen molar-refractivity contribution in [3.63, 3.8) is 0 Å². The second-order valence-corrected chi connectivity index (χ2v) is 12.6. The molecule has 6 rings (SSSR count). The number of aryl methyl sites for hydroxylation is 1. The molecule has 11 heteroatoms. The van der Waals surface area contributed by atoms with E-state index in [2.05, 4.69) is 15.1 Å². The number of nitrogens with one attached hydrogen (secondary N) is 1. The number of ether oxygens (including phenoxy) is 4. The molecule has 0 aliphatic carbocycles. The van der Waals surface area contributed by atoms with Crippen molar-refractivity contribution in [2.24, 2.45) is 5.92 Å². The van der Waals surface area contributed by atoms with Gasteiger partial charge in [0.05, 0.1) is 25.2 Å². The summed E-state index contributed by atoms with van der Waals surface area (Å²) in [6.45, 7) is 9.29. The number of aliphatic hydroxyl groups is 1. The van der Waals surface area contributed by atoms with Crippen molar-refractivity contribution in [3.05, 3.63) is 39.4 Å². The summed E-state index contributed by atoms with van der Waals surface area (Å²) in [6, 6.07) is 0.544. The minimum atomic E-state index is -0.902. The molecule has 1 amide bonds. The second-order valence-electron chi connectivity index (χ2n) is 12.6. The van der Waals surface area contributed by atoms with Crippen molar-refractivity contribution >= 4 is 11.9 Å². The molecule has 3 N–H and O–H groups in total. The minimum absolute atomic E-state index is 0.0128. The number of hydrogen-bond acceptors (Lipinski definition) is 10. The van der Waals surface area contributed by atoms with E-state index in [0.717, 1.165) is 27.8 Å². The van der Waals surface area contributed by atoms with Crippen LogP contribution in [-0.2, 0) is 22.4 Å². The fourth-order valence-corrected chi connectivity index (χ4v) is 7.77. The Morgan fingerprint density at radius 2 is 1.84 bits per heavy atom. The van der Waals surface area contributed by atoms with Crippen LogP contribution in [0.3, 0.4) is 0 Å². The number of rotatable bonds is 6. The van der Waals surface area contributed by atoms with Crippen LogP contribution in [0.15, 0.2) is 6.07 Å². The number of aromatic hydroxyl groups is 1. The predicted octanol–water partition coefficient (Wildman–Crippen LogP) is 3.03. The van der Waals surface area contributed by atoms with Crippen LogP contribution in [-0.4, -0.2) is 77.7 Å². The number of hydrogen-bond donors (Lipinski definition) is 3. The second kappa shape index (κ2) is 10.9. The Balaban J connectivity index is 1.56. The van der Waals surface area contributed by atoms with Crippen LogP contribution < -0.4 is 24.3 Å². The van der Waals surface area contributed by atoms with Crippen LogP contribution in [0.2, 0.25) is 0 Å². The maximum Gasteiger partial charge on any atom is 0.308 e. The maximum atomic E-state index is 12.9. The lowest BCUT2D eigenvalue weighted by molar-refractivity contribution is -0.172. The normalized spacial score (nSPS) is 25.6. The molecule has 232 valence electrons. The molecule has 2 aromatic carbocycles. The molecule has 0 saturated carbocycles. The number of carbonyl (C=O) groups is 2. The van der Waals surface area contributed by atoms with E-state index < -0.39 is 18.2 Å². The van der Waals surface area contributed by atoms with E-state index in [0.29, 0.717) is 47.8 Å². The highest BCUT2D eigenvalue weighted by atomic mass is 16.7. The quantitative estimate of drug-likeness (QED) is 0.339. The number of carbonyl (C=O) groups excluding carboxylic acids is 2. The summed E-state index contributed by atoms with van der Waals surface area (Å²) in [6.07, 6.45) is 0.374. The molecule has 4 aliphatic rings. The van der Waals surface area contributed by atoms with Gasteiger partial charge in [-0.2, -0.15) is 0 Å². The van der Waals surface area contributed by atoms with Gasteiger partial charge in [0.2, 0.25) is 12.7 Å². The van der Waals surface area contributed by atoms with Crippen molar-refractivity contribution in [1.82, 2.24) is 15.1 Å². The van der Waals surface area contributed by atoms with E-state index in [1.807, 2.05) is 40.8 Å². The van der Waals surface area contributed by atoms with Crippen LogP contribution in [0.4, 0.5) is 0 Å². The number of phenols is 1. The van der Waals surface area contributed by atoms with Gasteiger partial charge in [-0.05, 0) is 50.8 Å². The van der Waals surface area contributed by atoms with E-state index >= 15 is 0 Å². The molecule has 43 heavy (non-hydrogen) atoms. The molecule has 0 aromatic heterocycles. The molecule has 2 bridgehead atoms. The summed E-state index contributed by atoms with van der Waals surface area (Å²) in [5, 5.41) is 26.8. The van der Waals surface area contributed by atoms with Crippen LogP contribution in [0, 0.1) is 19.8 Å². The first-order chi connectivity index (χ1) is 20.4. The Kier molecular flexibility index (Phi) is 7.46. The molecule has 4 aliphatic heterocycles. The molecule has 11 nitrogen and oxygen atoms in total. The summed E-state index contributed by atoms with van der Waals surface area (Å²) < 4.78 is 23.4. The van der Waals surface area contributed by atoms with Gasteiger partial charge in [0.15, 0.2) is 23.0 Å². The van der Waals surface area contributed by atoms with Crippen molar-refractivity contribution in [2.45, 2.75) is 84.3 Å². The number of amides is 1. The average molecular weight is 596 g/mol. The van der Waals surface area contributed by atoms with E-state index in [4.69, 9.17) is 18.9 Å². The molecule has 0 spiro atoms. The molecular weight excluding hydrogens is 554 g/mol. The van der Waals surface area contributed by atoms with E-state index in [1.165, 1.54) is 6.92 Å². The zero-order valence-corrected chi connectivity index (χ0v) is 25.8. The van der Waals surface area contributed by atoms with E-state index in [1.54, 1.807) is 7.11 Å². The Morgan fingerprint density at radius 3 is 2.51 bits per heavy atom. The van der Waals surface area contributed by atoms with Crippen molar-refractivity contribution in [1.29, 1.82) is 0 Å². The Morgan fingerprint density at radius 1 is 1.12 bits per heavy atom. The van der Waals surface area contributed by atoms with Gasteiger partial charge in [0.1, 0.15) is 12.0 Å². The first-order valence-electron chi connectivity index (χ1n) is 14.9. The minimum Gasteiger partial charge on any atom is -0.504 e. The lowest BCUT2D eigenvalue weighted by Gasteiger charge is -2.60. The fraction of sp³-hybridized carbons (Fsp3) is 0.562. The molecule has 5 atom stereocenters. The largest absolute Gasteiger partial charge is 0.504 e. The van der Waals surface area contributed by atoms with Gasteiger partial charge in [0.25, 0.3) is 0 Å². The highest BCUT2D eigenvalue weighted by Crippen LogP contribution is 2.58. The van der Waals surface area contributed by atoms with Gasteiger partial charge in [-0.25, -0.2) is 0 Å². The van der Waals surface area contributed by atoms with Crippen LogP contribution in [0.5, 0.6) is 28.7 Å². The van der Waals surface area contributed by atoms with Crippen LogP contribution in [0.25, 0.3) is 0 Å². The molecule has 1 saturated heterocycles. The molecular formula is C32H41N3O8. The highest BCUT2D eigenvalue weighted by Gasteiger charge is 2.56. The Hall–Kier alpha value is -3.54. The third-order valence-corrected chi connectivity index (χ3v) is 9.43. The molecule has 1 fully saturated rings. The van der Waals surface area contributed by atoms with Gasteiger partial charge < -0.3 is 34.5 Å². The summed E-state index contributed by atoms with van der Waals surface area (Å²) in [7, 11) is 3.52. The Labute approximate surface area is 251 Å². The number of nitrogens with zero attached hydrogens (tertiary/aromatic N) is 2. The first kappa shape index (κ1) is 29.5. The van der Waals surface area contributed by atoms with Crippen molar-refractivity contribution in [2.75, 3.05) is 27.5 Å². The summed E-state index contributed by atoms with van der Waals surface area (Å²) >= 11 is 0. The molecule has 4 heterocycles. The van der Waals surface area contributed by atoms with Gasteiger partial charge in [0, 0.05) is 48.2 Å². The smallest absolute Gasteiger partial charge is 0.308 e. The van der Waals surface area contributed by atoms with Crippen LogP contribution in [0.1, 0.15) is 72.7 Å². The number of methoxy groups -OCH3 is 1. The van der Waals surface area contributed by atoms with E-state index in [9.17, 15) is 19.8 Å². The van der Waals surface area contributed by atoms with Gasteiger partial charge in [-0.15, -0.1) is 0 Å². The third kappa shape index (κ3) is 4.60. The third-order valence-electron chi connectivity index (χ3n) is 9.43. The summed E-state index contributed by atoms with van der Waals surface area (Å²) in [5.74, 6) is 1.60. The number of benzene rings is 2. The number of esters is 1. The predicted molar refractivity (Wildman–Crippen MR) is 157 cm³/mol. The molecule has 0 radical (unpaired) electrons. The van der Waals surface area contributed by atoms with Gasteiger partial charge in [-0.1, -0.05) is 19.9 Å². The Bertz CT molecular complexity index is 1490. The molecule has 2 unspecified atom stereocenters. The lowest BCUT2D eigenvalue weighted by atomic mass is 9.73. The maximum absolute atomic E-state index is 12.9. The van der Waals surface area contributed by atoms with Crippen molar-refractivity contribution < 1.29 is 38.7 Å². The topological polar surface area (TPSA) is 130 Å². The number of likely N-dealkylation sites (N-methyl/N-ethyl adjacent to an activating group) is 1. The summed E-state index contributed by atoms with van der Waals surface area (Å²) in [4.78, 5) is 29.5. The monoisotopic (exact) mass is 595 g/mol. The zero-order chi connectivity index (χ0) is 30.9. The highest BCUT2D eigenvalue weighted by molar-refractivity contribution is 5.77. The first-order valence-corrected chi connectivity index (χ1v) is 14.9. The van der Waals surface area contributed by atoms with Gasteiger partial charge in [-0.3, -0.25) is 19.4 Å². The SMILES string of the molecule is COc1c(C)cc2c(c1O)C1[C@@H]3Cc4c(OC(C)=O)c(C)c5c(c4[C@H](CNC(=O)CC(C)C)N3[C@@H](O)C(C2)N1C)OCO5. The number of fused-ring (bicyclic) bond motifs is 9. The number of piperazine rings is 1. The number of aliphatic hydroxyl groups excluding tert-OH is 1. The van der Waals surface area contributed by atoms with Crippen molar-refractivity contribution in [3.8, 4) is 28.7 Å². The van der Waals surface area contributed by atoms with Crippen LogP contribution >= 0.6 is 0 Å². The lowest BCUT2D eigenvalue weighted by Crippen LogP contribution is -2.69. The zero-order valence-electron chi connectivity index (χ0n) is 25.8. The number of phenolic OH excluding ortho intramolecular Hbond substituents is 1.